The van der Waals surface area contributed by atoms with Gasteiger partial charge in [0, 0.05) is 0 Å². The van der Waals surface area contributed by atoms with Crippen LogP contribution in [-0.2, 0) is 17.4 Å². The van der Waals surface area contributed by atoms with Gasteiger partial charge in [-0.1, -0.05) is 0 Å². The molecule has 0 saturated heterocycles. The minimum atomic E-state index is -3.03. The Labute approximate surface area is 167 Å². The second kappa shape index (κ2) is 7.25. The van der Waals surface area contributed by atoms with Crippen molar-refractivity contribution in [2.24, 2.45) is 0 Å². The predicted octanol–water partition coefficient (Wildman–Crippen LogP) is 6.58. The van der Waals surface area contributed by atoms with Crippen molar-refractivity contribution in [3.63, 3.8) is 0 Å². The largest absolute Gasteiger partial charge is 0.147 e. The minimum Gasteiger partial charge on any atom is -0.147 e. The van der Waals surface area contributed by atoms with Gasteiger partial charge < -0.3 is 0 Å². The van der Waals surface area contributed by atoms with Crippen LogP contribution in [0.3, 0.4) is 0 Å². The molecule has 0 bridgehead atoms. The maximum absolute atomic E-state index is 6.34. The normalized spacial score (nSPS) is 19.5. The van der Waals surface area contributed by atoms with Crippen molar-refractivity contribution in [3.8, 4) is 0 Å². The van der Waals surface area contributed by atoms with Crippen molar-refractivity contribution >= 4 is 65.3 Å². The third-order valence-electron chi connectivity index (χ3n) is 5.02. The molecule has 0 nitrogen and oxygen atoms in total. The number of rotatable bonds is 2. The molecule has 23 heavy (non-hydrogen) atoms. The summed E-state index contributed by atoms with van der Waals surface area (Å²) in [5.41, 5.74) is 4.28. The first-order valence-corrected chi connectivity index (χ1v) is 22.0. The SMILES string of the molecule is CC1=Cc2c(Br)cc(Cl)cc2[CH]1[Zr]([CH3])([CH3])(=[SiH2])[C]1=CC=CC1.Cl.Cl. The fraction of sp³-hybridized carbons (Fsp3) is 0.294. The smallest absolute Gasteiger partial charge is 0.147 e. The zero-order chi connectivity index (χ0) is 15.4. The predicted molar refractivity (Wildman–Crippen MR) is 112 cm³/mol. The molecule has 0 heterocycles. The maximum Gasteiger partial charge on any atom is -0.147 e. The van der Waals surface area contributed by atoms with E-state index in [1.54, 1.807) is 3.28 Å². The first-order chi connectivity index (χ1) is 9.69. The molecule has 0 N–H and O–H groups in total. The third-order valence-corrected chi connectivity index (χ3v) is 23.5. The fourth-order valence-electron chi connectivity index (χ4n) is 4.02. The summed E-state index contributed by atoms with van der Waals surface area (Å²) < 4.78 is 8.58. The topological polar surface area (TPSA) is 0 Å². The third kappa shape index (κ3) is 3.71. The zero-order valence-electron chi connectivity index (χ0n) is 13.5. The van der Waals surface area contributed by atoms with Crippen LogP contribution in [0.25, 0.3) is 6.08 Å². The van der Waals surface area contributed by atoms with E-state index in [-0.39, 0.29) is 24.8 Å². The van der Waals surface area contributed by atoms with Crippen molar-refractivity contribution in [1.82, 2.24) is 0 Å². The average Bonchev–Trinajstić information content (AvgIpc) is 2.95. The molecular formula is C17H22BrCl3SiZr. The Morgan fingerprint density at radius 1 is 1.26 bits per heavy atom. The molecule has 0 radical (unpaired) electrons. The first kappa shape index (κ1) is 21.9. The van der Waals surface area contributed by atoms with E-state index in [1.165, 1.54) is 16.7 Å². The molecule has 0 amide bonds. The van der Waals surface area contributed by atoms with Crippen LogP contribution in [0, 0.1) is 0 Å². The van der Waals surface area contributed by atoms with Crippen LogP contribution in [-0.4, -0.2) is 6.88 Å². The Morgan fingerprint density at radius 2 is 1.91 bits per heavy atom. The van der Waals surface area contributed by atoms with Gasteiger partial charge in [-0.05, 0) is 0 Å². The molecule has 1 atom stereocenters. The second-order valence-corrected chi connectivity index (χ2v) is 38.3. The summed E-state index contributed by atoms with van der Waals surface area (Å²) in [6.45, 7) is 4.61. The Hall–Kier alpha value is 0.890. The van der Waals surface area contributed by atoms with Crippen LogP contribution < -0.4 is 0 Å². The van der Waals surface area contributed by atoms with Crippen LogP contribution in [0.15, 0.2) is 43.7 Å². The van der Waals surface area contributed by atoms with Gasteiger partial charge in [-0.15, -0.1) is 24.8 Å². The summed E-state index contributed by atoms with van der Waals surface area (Å²) in [6, 6.07) is 4.20. The van der Waals surface area contributed by atoms with Crippen LogP contribution in [0.5, 0.6) is 0 Å². The van der Waals surface area contributed by atoms with Crippen molar-refractivity contribution in [3.05, 3.63) is 59.8 Å². The maximum atomic E-state index is 6.34. The second-order valence-electron chi connectivity index (χ2n) is 7.35. The van der Waals surface area contributed by atoms with Gasteiger partial charge in [-0.3, -0.25) is 0 Å². The van der Waals surface area contributed by atoms with Gasteiger partial charge in [0.25, 0.3) is 0 Å². The van der Waals surface area contributed by atoms with Gasteiger partial charge in [0.05, 0.1) is 0 Å². The molecule has 0 saturated carbocycles. The number of hydrogen-bond donors (Lipinski definition) is 0. The zero-order valence-corrected chi connectivity index (χ0v) is 21.4. The van der Waals surface area contributed by atoms with Crippen molar-refractivity contribution in [2.45, 2.75) is 26.2 Å². The number of allylic oxidation sites excluding steroid dienone is 5. The molecule has 2 aliphatic carbocycles. The molecule has 1 aromatic carbocycles. The quantitative estimate of drug-likeness (QED) is 0.378. The Morgan fingerprint density at radius 3 is 2.48 bits per heavy atom. The van der Waals surface area contributed by atoms with E-state index >= 15 is 0 Å². The fourth-order valence-corrected chi connectivity index (χ4v) is 21.0. The molecule has 0 spiro atoms. The molecule has 126 valence electrons. The molecule has 1 unspecified atom stereocenters. The van der Waals surface area contributed by atoms with Gasteiger partial charge in [0.15, 0.2) is 0 Å². The summed E-state index contributed by atoms with van der Waals surface area (Å²) >= 11 is 7.00. The summed E-state index contributed by atoms with van der Waals surface area (Å²) in [4.78, 5) is 0. The van der Waals surface area contributed by atoms with Crippen molar-refractivity contribution in [2.75, 3.05) is 0 Å². The molecular weight excluding hydrogens is 510 g/mol. The van der Waals surface area contributed by atoms with E-state index in [2.05, 4.69) is 69.4 Å². The molecule has 3 rings (SSSR count). The van der Waals surface area contributed by atoms with Crippen molar-refractivity contribution in [1.29, 1.82) is 0 Å². The van der Waals surface area contributed by atoms with Gasteiger partial charge in [-0.2, -0.15) is 0 Å². The molecule has 0 aromatic heterocycles. The van der Waals surface area contributed by atoms with E-state index in [9.17, 15) is 0 Å². The standard InChI is InChI=1S/C10H7BrCl.C5H5.2CH3.2ClH.H2Si.Zr/c1-6-2-7-4-8(12)5-10(11)9(7)3-6;1-2-4-5-3-1;;;;;;/h2-5H,1H3;1-3H,4H2;2*1H3;2*1H;1H2;. The number of fused-ring (bicyclic) bond motifs is 1. The van der Waals surface area contributed by atoms with E-state index in [0.29, 0.717) is 3.63 Å². The Kier molecular flexibility index (Phi) is 6.92. The van der Waals surface area contributed by atoms with E-state index < -0.39 is 17.4 Å². The van der Waals surface area contributed by atoms with Crippen LogP contribution >= 0.6 is 52.3 Å². The van der Waals surface area contributed by atoms with Gasteiger partial charge in [0.2, 0.25) is 0 Å². The summed E-state index contributed by atoms with van der Waals surface area (Å²) in [5, 5.41) is 0.834. The van der Waals surface area contributed by atoms with Crippen LogP contribution in [0.4, 0.5) is 0 Å². The number of halogens is 4. The van der Waals surface area contributed by atoms with E-state index in [0.717, 1.165) is 15.9 Å². The van der Waals surface area contributed by atoms with Gasteiger partial charge in [-0.25, -0.2) is 0 Å². The summed E-state index contributed by atoms with van der Waals surface area (Å²) in [7, 11) is 0. The van der Waals surface area contributed by atoms with Crippen LogP contribution in [0.1, 0.15) is 28.1 Å². The minimum absolute atomic E-state index is 0. The molecule has 6 heteroatoms. The summed E-state index contributed by atoms with van der Waals surface area (Å²) in [6.07, 6.45) is 10.4. The number of hydrogen-bond acceptors (Lipinski definition) is 0. The monoisotopic (exact) mass is 528 g/mol. The number of benzene rings is 1. The Bertz CT molecular complexity index is 802. The van der Waals surface area contributed by atoms with Crippen LogP contribution in [0.2, 0.25) is 14.3 Å². The first-order valence-electron chi connectivity index (χ1n) is 7.30. The van der Waals surface area contributed by atoms with Gasteiger partial charge in [0.1, 0.15) is 0 Å². The van der Waals surface area contributed by atoms with Gasteiger partial charge >= 0.3 is 144 Å². The van der Waals surface area contributed by atoms with Crippen molar-refractivity contribution < 1.29 is 17.4 Å². The molecule has 0 fully saturated rings. The molecule has 0 aliphatic heterocycles. The molecule has 2 aliphatic rings. The van der Waals surface area contributed by atoms with E-state index in [1.807, 2.05) is 6.07 Å². The summed E-state index contributed by atoms with van der Waals surface area (Å²) in [5.74, 6) is 0. The van der Waals surface area contributed by atoms with E-state index in [4.69, 9.17) is 11.6 Å². The average molecular weight is 532 g/mol. The Balaban J connectivity index is 0.00000132. The molecule has 1 aromatic rings.